The average Bonchev–Trinajstić information content (AvgIpc) is 2.66. The largest absolute Gasteiger partial charge is 0.450 e. The molecule has 2 fully saturated rings. The number of carbonyl (C=O) groups excluding carboxylic acids is 1. The van der Waals surface area contributed by atoms with Crippen molar-refractivity contribution in [3.8, 4) is 0 Å². The Morgan fingerprint density at radius 1 is 1.19 bits per heavy atom. The second-order valence-corrected chi connectivity index (χ2v) is 7.37. The molecular weight excluding hydrogens is 330 g/mol. The molecule has 0 spiro atoms. The van der Waals surface area contributed by atoms with Crippen LogP contribution < -0.4 is 11.1 Å². The zero-order valence-corrected chi connectivity index (χ0v) is 16.6. The van der Waals surface area contributed by atoms with Crippen molar-refractivity contribution in [1.29, 1.82) is 0 Å². The minimum Gasteiger partial charge on any atom is -0.450 e. The molecule has 0 radical (unpaired) electrons. The maximum absolute atomic E-state index is 11.7. The highest BCUT2D eigenvalue weighted by molar-refractivity contribution is 5.78. The van der Waals surface area contributed by atoms with Gasteiger partial charge in [0, 0.05) is 25.2 Å². The summed E-state index contributed by atoms with van der Waals surface area (Å²) in [5.74, 6) is 0.542. The van der Waals surface area contributed by atoms with Crippen LogP contribution in [-0.2, 0) is 4.74 Å². The molecule has 0 aromatic rings. The third-order valence-corrected chi connectivity index (χ3v) is 5.39. The van der Waals surface area contributed by atoms with Gasteiger partial charge in [-0.2, -0.15) is 0 Å². The monoisotopic (exact) mass is 367 g/mol. The van der Waals surface area contributed by atoms with Crippen molar-refractivity contribution < 1.29 is 9.53 Å². The molecule has 150 valence electrons. The first kappa shape index (κ1) is 20.8. The Hall–Kier alpha value is -1.50. The molecule has 2 aliphatic heterocycles. The molecule has 2 rings (SSSR count). The van der Waals surface area contributed by atoms with E-state index in [1.165, 1.54) is 45.2 Å². The van der Waals surface area contributed by atoms with Crippen LogP contribution in [-0.4, -0.2) is 73.3 Å². The van der Waals surface area contributed by atoms with E-state index < -0.39 is 0 Å². The molecule has 0 aliphatic carbocycles. The van der Waals surface area contributed by atoms with Gasteiger partial charge in [0.1, 0.15) is 0 Å². The summed E-state index contributed by atoms with van der Waals surface area (Å²) in [7, 11) is 0. The number of piperidine rings is 2. The second-order valence-electron chi connectivity index (χ2n) is 7.37. The van der Waals surface area contributed by atoms with Gasteiger partial charge in [-0.25, -0.2) is 4.79 Å². The van der Waals surface area contributed by atoms with Gasteiger partial charge < -0.3 is 20.7 Å². The molecule has 0 aromatic carbocycles. The van der Waals surface area contributed by atoms with Gasteiger partial charge in [-0.1, -0.05) is 19.8 Å². The fraction of sp³-hybridized carbons (Fsp3) is 0.895. The first-order chi connectivity index (χ1) is 12.6. The summed E-state index contributed by atoms with van der Waals surface area (Å²) in [6.45, 7) is 9.06. The highest BCUT2D eigenvalue weighted by Gasteiger charge is 2.24. The van der Waals surface area contributed by atoms with Gasteiger partial charge in [0.2, 0.25) is 0 Å². The summed E-state index contributed by atoms with van der Waals surface area (Å²) >= 11 is 0. The van der Waals surface area contributed by atoms with Crippen molar-refractivity contribution in [1.82, 2.24) is 15.1 Å². The standard InChI is InChI=1S/C19H37N5O2/c1-3-5-11-23-12-7-6-8-17(23)15-21-18(20)22-16-9-13-24(14-10-16)19(25)26-4-2/h16-17H,3-15H2,1-2H3,(H3,20,21,22). The SMILES string of the molecule is CCCCN1CCCCC1CN=C(N)NC1CCN(C(=O)OCC)CC1. The van der Waals surface area contributed by atoms with E-state index in [1.54, 1.807) is 4.90 Å². The van der Waals surface area contributed by atoms with Gasteiger partial charge in [0.05, 0.1) is 13.2 Å². The van der Waals surface area contributed by atoms with Crippen LogP contribution in [0.4, 0.5) is 4.79 Å². The summed E-state index contributed by atoms with van der Waals surface area (Å²) in [4.78, 5) is 20.7. The molecule has 1 unspecified atom stereocenters. The number of guanidine groups is 1. The molecule has 7 heteroatoms. The maximum Gasteiger partial charge on any atom is 0.409 e. The van der Waals surface area contributed by atoms with Crippen molar-refractivity contribution in [3.05, 3.63) is 0 Å². The summed E-state index contributed by atoms with van der Waals surface area (Å²) in [5.41, 5.74) is 6.12. The fourth-order valence-corrected chi connectivity index (χ4v) is 3.80. The second kappa shape index (κ2) is 11.3. The Morgan fingerprint density at radius 3 is 2.65 bits per heavy atom. The van der Waals surface area contributed by atoms with Gasteiger partial charge in [-0.05, 0) is 52.1 Å². The predicted molar refractivity (Wildman–Crippen MR) is 105 cm³/mol. The van der Waals surface area contributed by atoms with Gasteiger partial charge in [-0.3, -0.25) is 9.89 Å². The van der Waals surface area contributed by atoms with Crippen LogP contribution in [0, 0.1) is 0 Å². The molecule has 7 nitrogen and oxygen atoms in total. The highest BCUT2D eigenvalue weighted by Crippen LogP contribution is 2.18. The van der Waals surface area contributed by atoms with Crippen molar-refractivity contribution in [2.45, 2.75) is 70.9 Å². The van der Waals surface area contributed by atoms with Crippen LogP contribution in [0.3, 0.4) is 0 Å². The smallest absolute Gasteiger partial charge is 0.409 e. The minimum absolute atomic E-state index is 0.211. The highest BCUT2D eigenvalue weighted by atomic mass is 16.6. The number of nitrogens with two attached hydrogens (primary N) is 1. The molecule has 0 aromatic heterocycles. The quantitative estimate of drug-likeness (QED) is 0.532. The zero-order chi connectivity index (χ0) is 18.8. The number of rotatable bonds is 7. The molecule has 2 heterocycles. The Morgan fingerprint density at radius 2 is 1.96 bits per heavy atom. The molecule has 0 saturated carbocycles. The fourth-order valence-electron chi connectivity index (χ4n) is 3.80. The minimum atomic E-state index is -0.211. The normalized spacial score (nSPS) is 23.1. The molecule has 0 bridgehead atoms. The lowest BCUT2D eigenvalue weighted by molar-refractivity contribution is 0.0963. The van der Waals surface area contributed by atoms with E-state index in [4.69, 9.17) is 10.5 Å². The van der Waals surface area contributed by atoms with Crippen LogP contribution >= 0.6 is 0 Å². The molecule has 2 aliphatic rings. The Labute approximate surface area is 158 Å². The number of unbranched alkanes of at least 4 members (excludes halogenated alkanes) is 1. The molecule has 1 amide bonds. The van der Waals surface area contributed by atoms with E-state index in [0.717, 1.165) is 19.4 Å². The topological polar surface area (TPSA) is 83.2 Å². The van der Waals surface area contributed by atoms with E-state index in [2.05, 4.69) is 22.1 Å². The van der Waals surface area contributed by atoms with Gasteiger partial charge >= 0.3 is 6.09 Å². The van der Waals surface area contributed by atoms with E-state index in [9.17, 15) is 4.79 Å². The third kappa shape index (κ3) is 6.67. The number of hydrogen-bond acceptors (Lipinski definition) is 4. The summed E-state index contributed by atoms with van der Waals surface area (Å²) in [6, 6.07) is 0.813. The van der Waals surface area contributed by atoms with Crippen molar-refractivity contribution in [3.63, 3.8) is 0 Å². The molecular formula is C19H37N5O2. The molecule has 2 saturated heterocycles. The predicted octanol–water partition coefficient (Wildman–Crippen LogP) is 2.17. The number of amides is 1. The Kier molecular flexibility index (Phi) is 9.01. The number of ether oxygens (including phenoxy) is 1. The van der Waals surface area contributed by atoms with Gasteiger partial charge in [0.15, 0.2) is 5.96 Å². The molecule has 26 heavy (non-hydrogen) atoms. The number of nitrogens with one attached hydrogen (secondary N) is 1. The molecule has 1 atom stereocenters. The van der Waals surface area contributed by atoms with Crippen molar-refractivity contribution >= 4 is 12.1 Å². The van der Waals surface area contributed by atoms with E-state index in [-0.39, 0.29) is 12.1 Å². The Bertz CT molecular complexity index is 449. The summed E-state index contributed by atoms with van der Waals surface area (Å²) in [6.07, 6.45) is 7.85. The lowest BCUT2D eigenvalue weighted by atomic mass is 10.0. The number of likely N-dealkylation sites (tertiary alicyclic amines) is 2. The van der Waals surface area contributed by atoms with E-state index in [1.807, 2.05) is 6.92 Å². The number of hydrogen-bond donors (Lipinski definition) is 2. The van der Waals surface area contributed by atoms with Gasteiger partial charge in [-0.15, -0.1) is 0 Å². The van der Waals surface area contributed by atoms with E-state index >= 15 is 0 Å². The number of carbonyl (C=O) groups is 1. The summed E-state index contributed by atoms with van der Waals surface area (Å²) < 4.78 is 5.05. The van der Waals surface area contributed by atoms with Crippen molar-refractivity contribution in [2.75, 3.05) is 39.3 Å². The van der Waals surface area contributed by atoms with Crippen molar-refractivity contribution in [2.24, 2.45) is 10.7 Å². The maximum atomic E-state index is 11.7. The Balaban J connectivity index is 1.73. The zero-order valence-electron chi connectivity index (χ0n) is 16.6. The van der Waals surface area contributed by atoms with Crippen LogP contribution in [0.25, 0.3) is 0 Å². The van der Waals surface area contributed by atoms with Crippen LogP contribution in [0.15, 0.2) is 4.99 Å². The molecule has 3 N–H and O–H groups in total. The van der Waals surface area contributed by atoms with Crippen LogP contribution in [0.1, 0.15) is 58.8 Å². The van der Waals surface area contributed by atoms with Gasteiger partial charge in [0.25, 0.3) is 0 Å². The van der Waals surface area contributed by atoms with E-state index in [0.29, 0.717) is 31.7 Å². The lowest BCUT2D eigenvalue weighted by Gasteiger charge is -2.35. The van der Waals surface area contributed by atoms with Crippen LogP contribution in [0.2, 0.25) is 0 Å². The first-order valence-electron chi connectivity index (χ1n) is 10.4. The number of aliphatic imine (C=N–C) groups is 1. The average molecular weight is 368 g/mol. The summed E-state index contributed by atoms with van der Waals surface area (Å²) in [5, 5.41) is 3.34. The third-order valence-electron chi connectivity index (χ3n) is 5.39. The number of nitrogens with zero attached hydrogens (tertiary/aromatic N) is 3. The lowest BCUT2D eigenvalue weighted by Crippen LogP contribution is -2.49. The first-order valence-corrected chi connectivity index (χ1v) is 10.4. The van der Waals surface area contributed by atoms with Crippen LogP contribution in [0.5, 0.6) is 0 Å².